The highest BCUT2D eigenvalue weighted by molar-refractivity contribution is 8.02. The first-order chi connectivity index (χ1) is 9.26. The van der Waals surface area contributed by atoms with Crippen LogP contribution >= 0.6 is 23.4 Å². The summed E-state index contributed by atoms with van der Waals surface area (Å²) in [6.07, 6.45) is 2.95. The number of thioether (sulfide) groups is 1. The Balaban J connectivity index is 2.62. The van der Waals surface area contributed by atoms with Gasteiger partial charge in [-0.2, -0.15) is 0 Å². The maximum absolute atomic E-state index is 5.89. The average molecular weight is 301 g/mol. The predicted molar refractivity (Wildman–Crippen MR) is 80.8 cm³/mol. The number of fused-ring (bicyclic) bond motifs is 1. The monoisotopic (exact) mass is 300 g/mol. The zero-order chi connectivity index (χ0) is 13.8. The second kappa shape index (κ2) is 6.44. The third kappa shape index (κ3) is 2.65. The van der Waals surface area contributed by atoms with Gasteiger partial charge < -0.3 is 14.2 Å². The summed E-state index contributed by atoms with van der Waals surface area (Å²) in [5.41, 5.74) is 2.23. The van der Waals surface area contributed by atoms with Gasteiger partial charge in [0.2, 0.25) is 5.75 Å². The van der Waals surface area contributed by atoms with Gasteiger partial charge in [-0.1, -0.05) is 0 Å². The first-order valence-corrected chi connectivity index (χ1v) is 7.45. The molecule has 0 saturated heterocycles. The van der Waals surface area contributed by atoms with Gasteiger partial charge in [-0.05, 0) is 29.5 Å². The topological polar surface area (TPSA) is 27.7 Å². The minimum atomic E-state index is 0.284. The molecule has 1 atom stereocenters. The Labute approximate surface area is 122 Å². The minimum Gasteiger partial charge on any atom is -0.493 e. The lowest BCUT2D eigenvalue weighted by molar-refractivity contribution is 0.322. The molecule has 0 N–H and O–H groups in total. The van der Waals surface area contributed by atoms with Crippen LogP contribution < -0.4 is 14.2 Å². The van der Waals surface area contributed by atoms with Gasteiger partial charge in [0.15, 0.2) is 11.5 Å². The van der Waals surface area contributed by atoms with Gasteiger partial charge in [0.25, 0.3) is 0 Å². The maximum Gasteiger partial charge on any atom is 0.203 e. The number of benzene rings is 1. The molecule has 5 heteroatoms. The molecule has 1 aromatic carbocycles. The minimum absolute atomic E-state index is 0.284. The van der Waals surface area contributed by atoms with Gasteiger partial charge in [0.1, 0.15) is 0 Å². The summed E-state index contributed by atoms with van der Waals surface area (Å²) in [4.78, 5) is 0. The fourth-order valence-corrected chi connectivity index (χ4v) is 3.65. The Bertz CT molecular complexity index is 488. The van der Waals surface area contributed by atoms with Crippen molar-refractivity contribution in [3.63, 3.8) is 0 Å². The predicted octanol–water partition coefficient (Wildman–Crippen LogP) is 4.10. The molecule has 0 amide bonds. The second-order valence-electron chi connectivity index (χ2n) is 4.05. The van der Waals surface area contributed by atoms with Gasteiger partial charge in [0, 0.05) is 16.7 Å². The molecule has 0 fully saturated rings. The fraction of sp³-hybridized carbons (Fsp3) is 0.429. The maximum atomic E-state index is 5.89. The highest BCUT2D eigenvalue weighted by Gasteiger charge is 2.27. The molecule has 1 unspecified atom stereocenters. The lowest BCUT2D eigenvalue weighted by Crippen LogP contribution is -2.06. The van der Waals surface area contributed by atoms with Crippen LogP contribution in [0.2, 0.25) is 0 Å². The molecule has 0 bridgehead atoms. The summed E-state index contributed by atoms with van der Waals surface area (Å²) >= 11 is 7.65. The Morgan fingerprint density at radius 3 is 2.47 bits per heavy atom. The van der Waals surface area contributed by atoms with E-state index in [-0.39, 0.29) is 5.25 Å². The first-order valence-electron chi connectivity index (χ1n) is 5.97. The van der Waals surface area contributed by atoms with E-state index in [4.69, 9.17) is 25.8 Å². The fourth-order valence-electron chi connectivity index (χ4n) is 2.25. The van der Waals surface area contributed by atoms with E-state index in [2.05, 4.69) is 11.5 Å². The van der Waals surface area contributed by atoms with Gasteiger partial charge >= 0.3 is 0 Å². The molecule has 0 spiro atoms. The normalized spacial score (nSPS) is 16.9. The molecule has 104 valence electrons. The summed E-state index contributed by atoms with van der Waals surface area (Å²) < 4.78 is 16.4. The quantitative estimate of drug-likeness (QED) is 0.765. The molecule has 3 nitrogen and oxygen atoms in total. The van der Waals surface area contributed by atoms with E-state index >= 15 is 0 Å². The molecular weight excluding hydrogens is 284 g/mol. The number of ether oxygens (including phenoxy) is 3. The Kier molecular flexibility index (Phi) is 4.88. The molecule has 1 aliphatic rings. The molecule has 0 aromatic heterocycles. The molecule has 0 radical (unpaired) electrons. The highest BCUT2D eigenvalue weighted by Crippen LogP contribution is 2.51. The van der Waals surface area contributed by atoms with E-state index in [0.717, 1.165) is 23.3 Å². The molecule has 1 aromatic rings. The largest absolute Gasteiger partial charge is 0.493 e. The van der Waals surface area contributed by atoms with Crippen molar-refractivity contribution in [3.8, 4) is 17.2 Å². The van der Waals surface area contributed by atoms with Crippen LogP contribution in [-0.2, 0) is 0 Å². The van der Waals surface area contributed by atoms with E-state index in [0.29, 0.717) is 17.4 Å². The smallest absolute Gasteiger partial charge is 0.203 e. The third-order valence-electron chi connectivity index (χ3n) is 3.08. The van der Waals surface area contributed by atoms with Crippen molar-refractivity contribution < 1.29 is 14.2 Å². The number of hydrogen-bond donors (Lipinski definition) is 0. The van der Waals surface area contributed by atoms with E-state index < -0.39 is 0 Å². The average Bonchev–Trinajstić information content (AvgIpc) is 2.45. The van der Waals surface area contributed by atoms with E-state index in [1.165, 1.54) is 0 Å². The zero-order valence-corrected chi connectivity index (χ0v) is 12.8. The summed E-state index contributed by atoms with van der Waals surface area (Å²) in [6.45, 7) is 0. The van der Waals surface area contributed by atoms with Crippen LogP contribution in [0.3, 0.4) is 0 Å². The number of rotatable bonds is 5. The first kappa shape index (κ1) is 14.4. The Morgan fingerprint density at radius 2 is 1.89 bits per heavy atom. The molecule has 0 aliphatic carbocycles. The number of halogens is 1. The molecule has 2 rings (SSSR count). The summed E-state index contributed by atoms with van der Waals surface area (Å²) in [5.74, 6) is 2.67. The number of hydrogen-bond acceptors (Lipinski definition) is 4. The third-order valence-corrected chi connectivity index (χ3v) is 4.40. The van der Waals surface area contributed by atoms with Crippen molar-refractivity contribution in [2.24, 2.45) is 0 Å². The molecule has 1 aliphatic heterocycles. The summed E-state index contributed by atoms with van der Waals surface area (Å²) in [5, 5.41) is 2.37. The highest BCUT2D eigenvalue weighted by atomic mass is 35.5. The molecular formula is C14H17ClO3S. The van der Waals surface area contributed by atoms with Crippen LogP contribution in [0.4, 0.5) is 0 Å². The second-order valence-corrected chi connectivity index (χ2v) is 5.54. The van der Waals surface area contributed by atoms with Crippen molar-refractivity contribution in [3.05, 3.63) is 22.6 Å². The van der Waals surface area contributed by atoms with Crippen molar-refractivity contribution in [2.75, 3.05) is 27.2 Å². The van der Waals surface area contributed by atoms with Crippen molar-refractivity contribution >= 4 is 29.4 Å². The summed E-state index contributed by atoms with van der Waals surface area (Å²) in [6, 6.07) is 1.98. The zero-order valence-electron chi connectivity index (χ0n) is 11.2. The van der Waals surface area contributed by atoms with E-state index in [1.807, 2.05) is 6.07 Å². The van der Waals surface area contributed by atoms with E-state index in [1.54, 1.807) is 33.1 Å². The van der Waals surface area contributed by atoms with Crippen LogP contribution in [0.25, 0.3) is 6.08 Å². The molecule has 19 heavy (non-hydrogen) atoms. The van der Waals surface area contributed by atoms with Crippen LogP contribution in [-0.4, -0.2) is 27.2 Å². The van der Waals surface area contributed by atoms with Crippen molar-refractivity contribution in [1.82, 2.24) is 0 Å². The molecule has 1 heterocycles. The molecule has 0 saturated carbocycles. The lowest BCUT2D eigenvalue weighted by Gasteiger charge is -2.25. The number of alkyl halides is 1. The Morgan fingerprint density at radius 1 is 1.16 bits per heavy atom. The number of methoxy groups -OCH3 is 3. The van der Waals surface area contributed by atoms with Crippen molar-refractivity contribution in [2.45, 2.75) is 11.7 Å². The van der Waals surface area contributed by atoms with Crippen LogP contribution in [0.15, 0.2) is 11.5 Å². The van der Waals surface area contributed by atoms with Gasteiger partial charge in [-0.15, -0.1) is 23.4 Å². The van der Waals surface area contributed by atoms with Crippen LogP contribution in [0.1, 0.15) is 22.8 Å². The van der Waals surface area contributed by atoms with E-state index in [9.17, 15) is 0 Å². The van der Waals surface area contributed by atoms with Crippen LogP contribution in [0, 0.1) is 0 Å². The van der Waals surface area contributed by atoms with Crippen molar-refractivity contribution in [1.29, 1.82) is 0 Å². The Hall–Kier alpha value is -1.00. The van der Waals surface area contributed by atoms with Crippen LogP contribution in [0.5, 0.6) is 17.2 Å². The SMILES string of the molecule is COc1cc2c(c(OC)c1OC)C(CCCl)SC=C2. The summed E-state index contributed by atoms with van der Waals surface area (Å²) in [7, 11) is 4.90. The van der Waals surface area contributed by atoms with Gasteiger partial charge in [-0.3, -0.25) is 0 Å². The lowest BCUT2D eigenvalue weighted by atomic mass is 9.99. The van der Waals surface area contributed by atoms with Gasteiger partial charge in [-0.25, -0.2) is 0 Å². The van der Waals surface area contributed by atoms with Gasteiger partial charge in [0.05, 0.1) is 21.3 Å². The standard InChI is InChI=1S/C14H17ClO3S/c1-16-10-8-9-5-7-19-11(4-6-15)12(9)14(18-3)13(10)17-2/h5,7-8,11H,4,6H2,1-3H3.